The summed E-state index contributed by atoms with van der Waals surface area (Å²) in [7, 11) is -2.84. The minimum absolute atomic E-state index is 0.0671. The lowest BCUT2D eigenvalue weighted by atomic mass is 9.80. The van der Waals surface area contributed by atoms with E-state index in [0.717, 1.165) is 54.0 Å². The molecule has 2 heterocycles. The number of para-hydroxylation sites is 2. The topological polar surface area (TPSA) is 93.7 Å². The fourth-order valence-electron chi connectivity index (χ4n) is 6.52. The zero-order valence-corrected chi connectivity index (χ0v) is 25.7. The van der Waals surface area contributed by atoms with E-state index in [4.69, 9.17) is 5.14 Å². The van der Waals surface area contributed by atoms with Crippen LogP contribution in [0.25, 0.3) is 0 Å². The molecule has 3 aromatic rings. The van der Waals surface area contributed by atoms with E-state index in [9.17, 15) is 14.3 Å². The summed E-state index contributed by atoms with van der Waals surface area (Å²) in [6, 6.07) is 21.9. The van der Waals surface area contributed by atoms with Gasteiger partial charge in [0, 0.05) is 44.8 Å². The van der Waals surface area contributed by atoms with Crippen molar-refractivity contribution in [1.82, 2.24) is 4.90 Å². The Balaban J connectivity index is 1.26. The lowest BCUT2D eigenvalue weighted by Crippen LogP contribution is -2.49. The van der Waals surface area contributed by atoms with Crippen LogP contribution in [0, 0.1) is 37.0 Å². The van der Waals surface area contributed by atoms with E-state index in [1.165, 1.54) is 11.1 Å². The Morgan fingerprint density at radius 2 is 1.64 bits per heavy atom. The molecule has 2 N–H and O–H groups in total. The van der Waals surface area contributed by atoms with Crippen molar-refractivity contribution in [2.75, 3.05) is 49.1 Å². The molecule has 7 nitrogen and oxygen atoms in total. The normalized spacial score (nSPS) is 20.6. The second-order valence-corrected chi connectivity index (χ2v) is 13.8. The molecule has 2 saturated heterocycles. The van der Waals surface area contributed by atoms with Crippen LogP contribution in [0.3, 0.4) is 0 Å². The number of nitrogens with zero attached hydrogens (tertiary/aromatic N) is 4. The third-order valence-electron chi connectivity index (χ3n) is 8.99. The first-order chi connectivity index (χ1) is 20.1. The van der Waals surface area contributed by atoms with Gasteiger partial charge >= 0.3 is 0 Å². The third kappa shape index (κ3) is 6.18. The molecular weight excluding hydrogens is 542 g/mol. The van der Waals surface area contributed by atoms with Crippen LogP contribution in [0.4, 0.5) is 11.4 Å². The Morgan fingerprint density at radius 1 is 0.976 bits per heavy atom. The van der Waals surface area contributed by atoms with Crippen molar-refractivity contribution < 1.29 is 9.00 Å². The molecule has 0 spiro atoms. The molecule has 1 unspecified atom stereocenters. The standard InChI is InChI=1S/C34H41N5O2S/c1-24-19-25(2)30(34(40)38-17-15-37(16-18-38)32-11-7-8-12-33(32)42(4,36)41)21-29(24)20-27-13-14-39(23-26(27)3)31-10-6-5-9-28(31)22-35/h5-12,19,21,26-27H,4,13-18,20,23H2,1-3H3,(H2,36,41)/t26-,27+,42?/m1/s1. The summed E-state index contributed by atoms with van der Waals surface area (Å²) >= 11 is 0. The molecule has 1 amide bonds. The second-order valence-electron chi connectivity index (χ2n) is 11.9. The maximum atomic E-state index is 13.8. The molecule has 0 saturated carbocycles. The largest absolute Gasteiger partial charge is 0.370 e. The molecule has 2 fully saturated rings. The van der Waals surface area contributed by atoms with E-state index < -0.39 is 9.71 Å². The Morgan fingerprint density at radius 3 is 2.31 bits per heavy atom. The smallest absolute Gasteiger partial charge is 0.254 e. The Labute approximate surface area is 250 Å². The molecule has 8 heteroatoms. The van der Waals surface area contributed by atoms with Gasteiger partial charge in [-0.05, 0) is 91.4 Å². The molecule has 0 aliphatic carbocycles. The van der Waals surface area contributed by atoms with E-state index in [1.54, 1.807) is 6.07 Å². The fraction of sp³-hybridized carbons (Fsp3) is 0.382. The molecule has 2 aliphatic rings. The summed E-state index contributed by atoms with van der Waals surface area (Å²) in [5.41, 5.74) is 6.84. The number of carbonyl (C=O) groups is 1. The number of anilines is 2. The first-order valence-electron chi connectivity index (χ1n) is 14.7. The predicted octanol–water partition coefficient (Wildman–Crippen LogP) is 4.79. The van der Waals surface area contributed by atoms with Crippen molar-refractivity contribution in [3.8, 4) is 6.07 Å². The van der Waals surface area contributed by atoms with E-state index in [2.05, 4.69) is 47.7 Å². The summed E-state index contributed by atoms with van der Waals surface area (Å²) in [4.78, 5) is 20.7. The predicted molar refractivity (Wildman–Crippen MR) is 173 cm³/mol. The van der Waals surface area contributed by atoms with Gasteiger partial charge < -0.3 is 14.7 Å². The zero-order valence-electron chi connectivity index (χ0n) is 24.9. The number of hydrogen-bond donors (Lipinski definition) is 1. The van der Waals surface area contributed by atoms with Gasteiger partial charge in [-0.15, -0.1) is 0 Å². The zero-order chi connectivity index (χ0) is 30.0. The van der Waals surface area contributed by atoms with Crippen LogP contribution in [0.1, 0.15) is 46.0 Å². The van der Waals surface area contributed by atoms with Gasteiger partial charge in [-0.3, -0.25) is 9.93 Å². The second kappa shape index (κ2) is 12.2. The van der Waals surface area contributed by atoms with Gasteiger partial charge in [-0.25, -0.2) is 4.21 Å². The molecule has 0 radical (unpaired) electrons. The summed E-state index contributed by atoms with van der Waals surface area (Å²) in [6.45, 7) is 10.8. The maximum absolute atomic E-state index is 13.8. The van der Waals surface area contributed by atoms with Crippen LogP contribution in [-0.4, -0.2) is 60.2 Å². The number of nitriles is 1. The monoisotopic (exact) mass is 583 g/mol. The minimum Gasteiger partial charge on any atom is -0.370 e. The number of aryl methyl sites for hydroxylation is 2. The highest BCUT2D eigenvalue weighted by atomic mass is 32.2. The van der Waals surface area contributed by atoms with Crippen LogP contribution >= 0.6 is 0 Å². The number of benzene rings is 3. The van der Waals surface area contributed by atoms with Crippen LogP contribution in [0.15, 0.2) is 65.6 Å². The van der Waals surface area contributed by atoms with Crippen LogP contribution in [0.5, 0.6) is 0 Å². The molecule has 0 bridgehead atoms. The first-order valence-corrected chi connectivity index (χ1v) is 16.5. The molecular formula is C34H41N5O2S. The Kier molecular flexibility index (Phi) is 8.63. The number of amides is 1. The average Bonchev–Trinajstić information content (AvgIpc) is 2.98. The fourth-order valence-corrected chi connectivity index (χ4v) is 7.38. The number of rotatable bonds is 6. The van der Waals surface area contributed by atoms with Gasteiger partial charge in [0.15, 0.2) is 0 Å². The van der Waals surface area contributed by atoms with E-state index in [1.807, 2.05) is 54.3 Å². The number of piperidine rings is 1. The highest BCUT2D eigenvalue weighted by molar-refractivity contribution is 7.98. The van der Waals surface area contributed by atoms with Crippen LogP contribution in [0.2, 0.25) is 0 Å². The van der Waals surface area contributed by atoms with Gasteiger partial charge in [0.1, 0.15) is 6.07 Å². The molecule has 42 heavy (non-hydrogen) atoms. The Bertz CT molecular complexity index is 1620. The van der Waals surface area contributed by atoms with Crippen molar-refractivity contribution in [3.05, 3.63) is 88.5 Å². The molecule has 3 aromatic carbocycles. The quantitative estimate of drug-likeness (QED) is 0.421. The van der Waals surface area contributed by atoms with Crippen LogP contribution in [-0.2, 0) is 16.1 Å². The van der Waals surface area contributed by atoms with E-state index in [-0.39, 0.29) is 5.91 Å². The van der Waals surface area contributed by atoms with Crippen molar-refractivity contribution in [1.29, 1.82) is 5.26 Å². The highest BCUT2D eigenvalue weighted by Crippen LogP contribution is 2.33. The SMILES string of the molecule is C=S(N)(=O)c1ccccc1N1CCN(C(=O)c2cc(C[C@@H]3CCN(c4ccccc4C#N)C[C@H]3C)c(C)cc2C)CC1. The lowest BCUT2D eigenvalue weighted by molar-refractivity contribution is 0.0745. The summed E-state index contributed by atoms with van der Waals surface area (Å²) < 4.78 is 12.5. The number of piperazine rings is 1. The maximum Gasteiger partial charge on any atom is 0.254 e. The molecule has 220 valence electrons. The number of nitrogens with two attached hydrogens (primary N) is 1. The molecule has 2 aliphatic heterocycles. The van der Waals surface area contributed by atoms with Crippen molar-refractivity contribution in [3.63, 3.8) is 0 Å². The lowest BCUT2D eigenvalue weighted by Gasteiger charge is -2.39. The number of hydrogen-bond acceptors (Lipinski definition) is 5. The van der Waals surface area contributed by atoms with E-state index >= 15 is 0 Å². The van der Waals surface area contributed by atoms with Crippen LogP contribution < -0.4 is 14.9 Å². The van der Waals surface area contributed by atoms with Gasteiger partial charge in [0.25, 0.3) is 5.91 Å². The summed E-state index contributed by atoms with van der Waals surface area (Å²) in [5, 5.41) is 15.4. The third-order valence-corrected chi connectivity index (χ3v) is 10.1. The van der Waals surface area contributed by atoms with Gasteiger partial charge in [0.2, 0.25) is 0 Å². The first kappa shape index (κ1) is 29.7. The molecule has 3 atom stereocenters. The van der Waals surface area contributed by atoms with Crippen molar-refractivity contribution >= 4 is 32.9 Å². The van der Waals surface area contributed by atoms with Gasteiger partial charge in [-0.1, -0.05) is 37.3 Å². The molecule has 0 aromatic heterocycles. The van der Waals surface area contributed by atoms with Crippen molar-refractivity contribution in [2.45, 2.75) is 38.5 Å². The minimum atomic E-state index is -2.84. The van der Waals surface area contributed by atoms with Gasteiger partial charge in [-0.2, -0.15) is 5.26 Å². The Hall–Kier alpha value is -3.80. The number of carbonyl (C=O) groups excluding carboxylic acids is 1. The summed E-state index contributed by atoms with van der Waals surface area (Å²) in [6.07, 6.45) is 1.98. The van der Waals surface area contributed by atoms with Gasteiger partial charge in [0.05, 0.1) is 31.5 Å². The summed E-state index contributed by atoms with van der Waals surface area (Å²) in [5.74, 6) is 4.71. The average molecular weight is 584 g/mol. The van der Waals surface area contributed by atoms with Crippen molar-refractivity contribution in [2.24, 2.45) is 17.0 Å². The molecule has 5 rings (SSSR count). The highest BCUT2D eigenvalue weighted by Gasteiger charge is 2.29. The van der Waals surface area contributed by atoms with E-state index in [0.29, 0.717) is 42.9 Å².